The Balaban J connectivity index is 2.65. The number of carbonyl (C=O) groups excluding carboxylic acids is 1. The third-order valence-electron chi connectivity index (χ3n) is 2.45. The second-order valence-corrected chi connectivity index (χ2v) is 5.33. The van der Waals surface area contributed by atoms with E-state index in [9.17, 15) is 4.79 Å². The Morgan fingerprint density at radius 2 is 2.26 bits per heavy atom. The van der Waals surface area contributed by atoms with Crippen LogP contribution in [0.15, 0.2) is 5.16 Å². The summed E-state index contributed by atoms with van der Waals surface area (Å²) in [5.74, 6) is 0.203. The second-order valence-electron chi connectivity index (χ2n) is 3.55. The van der Waals surface area contributed by atoms with E-state index >= 15 is 0 Å². The van der Waals surface area contributed by atoms with E-state index in [0.29, 0.717) is 38.4 Å². The van der Waals surface area contributed by atoms with Crippen molar-refractivity contribution in [3.63, 3.8) is 0 Å². The number of anilines is 2. The number of rotatable bonds is 4. The van der Waals surface area contributed by atoms with Crippen LogP contribution in [0.1, 0.15) is 16.6 Å². The SMILES string of the molecule is CCOC(=O)c1sc2nc(SC)nc(NC)c2c1N. The molecule has 0 amide bonds. The molecule has 2 aromatic heterocycles. The molecule has 0 saturated heterocycles. The van der Waals surface area contributed by atoms with Crippen molar-refractivity contribution in [3.8, 4) is 0 Å². The molecule has 3 N–H and O–H groups in total. The van der Waals surface area contributed by atoms with E-state index in [1.54, 1.807) is 14.0 Å². The van der Waals surface area contributed by atoms with Crippen LogP contribution >= 0.6 is 23.1 Å². The van der Waals surface area contributed by atoms with Gasteiger partial charge in [-0.2, -0.15) is 0 Å². The number of hydrogen-bond donors (Lipinski definition) is 2. The molecule has 0 aromatic carbocycles. The molecule has 2 rings (SSSR count). The van der Waals surface area contributed by atoms with Gasteiger partial charge in [0, 0.05) is 7.05 Å². The lowest BCUT2D eigenvalue weighted by Gasteiger charge is -2.04. The van der Waals surface area contributed by atoms with Gasteiger partial charge < -0.3 is 15.8 Å². The molecular formula is C11H14N4O2S2. The molecule has 2 aromatic rings. The number of aromatic nitrogens is 2. The highest BCUT2D eigenvalue weighted by Crippen LogP contribution is 2.37. The highest BCUT2D eigenvalue weighted by Gasteiger charge is 2.21. The van der Waals surface area contributed by atoms with E-state index in [1.165, 1.54) is 23.1 Å². The standard InChI is InChI=1S/C11H14N4O2S2/c1-4-17-10(16)7-6(12)5-8(13-2)14-11(18-3)15-9(5)19-7/h4,12H2,1-3H3,(H,13,14,15). The van der Waals surface area contributed by atoms with E-state index in [2.05, 4.69) is 15.3 Å². The number of carbonyl (C=O) groups is 1. The molecule has 0 fully saturated rings. The Morgan fingerprint density at radius 3 is 2.84 bits per heavy atom. The molecule has 19 heavy (non-hydrogen) atoms. The minimum absolute atomic E-state index is 0.313. The van der Waals surface area contributed by atoms with Gasteiger partial charge in [0.25, 0.3) is 0 Å². The van der Waals surface area contributed by atoms with Crippen molar-refractivity contribution in [2.24, 2.45) is 0 Å². The summed E-state index contributed by atoms with van der Waals surface area (Å²) in [5, 5.41) is 4.29. The van der Waals surface area contributed by atoms with Gasteiger partial charge in [0.15, 0.2) is 5.16 Å². The number of hydrogen-bond acceptors (Lipinski definition) is 8. The topological polar surface area (TPSA) is 90.1 Å². The van der Waals surface area contributed by atoms with E-state index < -0.39 is 5.97 Å². The van der Waals surface area contributed by atoms with Crippen molar-refractivity contribution in [1.82, 2.24) is 9.97 Å². The predicted octanol–water partition coefficient (Wildman–Crippen LogP) is 2.21. The van der Waals surface area contributed by atoms with Gasteiger partial charge in [-0.3, -0.25) is 0 Å². The van der Waals surface area contributed by atoms with E-state index in [1.807, 2.05) is 6.26 Å². The zero-order valence-corrected chi connectivity index (χ0v) is 12.4. The number of fused-ring (bicyclic) bond motifs is 1. The lowest BCUT2D eigenvalue weighted by molar-refractivity contribution is 0.0533. The zero-order valence-electron chi connectivity index (χ0n) is 10.8. The molecule has 102 valence electrons. The molecule has 0 aliphatic carbocycles. The smallest absolute Gasteiger partial charge is 0.350 e. The minimum Gasteiger partial charge on any atom is -0.462 e. The van der Waals surface area contributed by atoms with Crippen LogP contribution < -0.4 is 11.1 Å². The zero-order chi connectivity index (χ0) is 14.0. The number of esters is 1. The molecule has 0 spiro atoms. The predicted molar refractivity (Wildman–Crippen MR) is 79.1 cm³/mol. The van der Waals surface area contributed by atoms with Gasteiger partial charge in [-0.05, 0) is 13.2 Å². The summed E-state index contributed by atoms with van der Waals surface area (Å²) in [6.07, 6.45) is 1.89. The van der Waals surface area contributed by atoms with Crippen molar-refractivity contribution in [3.05, 3.63) is 4.88 Å². The lowest BCUT2D eigenvalue weighted by Crippen LogP contribution is -2.05. The summed E-state index contributed by atoms with van der Waals surface area (Å²) < 4.78 is 4.99. The van der Waals surface area contributed by atoms with Gasteiger partial charge in [-0.25, -0.2) is 14.8 Å². The average Bonchev–Trinajstić information content (AvgIpc) is 2.75. The number of nitrogens with two attached hydrogens (primary N) is 1. The number of nitrogens with one attached hydrogen (secondary N) is 1. The summed E-state index contributed by atoms with van der Waals surface area (Å²) in [5.41, 5.74) is 6.39. The van der Waals surface area contributed by atoms with Crippen LogP contribution in [0.3, 0.4) is 0 Å². The fourth-order valence-corrected chi connectivity index (χ4v) is 3.03. The molecule has 0 bridgehead atoms. The van der Waals surface area contributed by atoms with Crippen molar-refractivity contribution in [2.75, 3.05) is 31.0 Å². The Morgan fingerprint density at radius 1 is 1.53 bits per heavy atom. The van der Waals surface area contributed by atoms with Gasteiger partial charge in [0.05, 0.1) is 17.7 Å². The summed E-state index contributed by atoms with van der Waals surface area (Å²) in [6.45, 7) is 2.07. The number of ether oxygens (including phenoxy) is 1. The molecule has 0 radical (unpaired) electrons. The largest absolute Gasteiger partial charge is 0.462 e. The molecule has 0 saturated carbocycles. The average molecular weight is 298 g/mol. The van der Waals surface area contributed by atoms with Gasteiger partial charge in [-0.1, -0.05) is 11.8 Å². The van der Waals surface area contributed by atoms with Gasteiger partial charge in [0.1, 0.15) is 15.5 Å². The van der Waals surface area contributed by atoms with Gasteiger partial charge in [0.2, 0.25) is 0 Å². The summed E-state index contributed by atoms with van der Waals surface area (Å²) >= 11 is 2.66. The third-order valence-corrected chi connectivity index (χ3v) is 4.08. The number of thioether (sulfide) groups is 1. The number of nitrogens with zero attached hydrogens (tertiary/aromatic N) is 2. The maximum atomic E-state index is 11.8. The van der Waals surface area contributed by atoms with Crippen LogP contribution in [-0.4, -0.2) is 35.8 Å². The van der Waals surface area contributed by atoms with Crippen LogP contribution in [0.25, 0.3) is 10.2 Å². The molecule has 8 heteroatoms. The first kappa shape index (κ1) is 13.9. The van der Waals surface area contributed by atoms with Crippen LogP contribution in [0.5, 0.6) is 0 Å². The summed E-state index contributed by atoms with van der Waals surface area (Å²) in [7, 11) is 1.76. The molecule has 0 aliphatic rings. The fraction of sp³-hybridized carbons (Fsp3) is 0.364. The van der Waals surface area contributed by atoms with E-state index in [-0.39, 0.29) is 0 Å². The Bertz CT molecular complexity index is 627. The molecule has 0 unspecified atom stereocenters. The fourth-order valence-electron chi connectivity index (χ4n) is 1.62. The van der Waals surface area contributed by atoms with Crippen molar-refractivity contribution < 1.29 is 9.53 Å². The van der Waals surface area contributed by atoms with Crippen LogP contribution in [0.2, 0.25) is 0 Å². The maximum Gasteiger partial charge on any atom is 0.350 e. The van der Waals surface area contributed by atoms with Gasteiger partial charge in [-0.15, -0.1) is 11.3 Å². The van der Waals surface area contributed by atoms with Crippen molar-refractivity contribution >= 4 is 50.8 Å². The van der Waals surface area contributed by atoms with Crippen LogP contribution in [0.4, 0.5) is 11.5 Å². The first-order valence-electron chi connectivity index (χ1n) is 5.61. The Kier molecular flexibility index (Phi) is 4.11. The highest BCUT2D eigenvalue weighted by atomic mass is 32.2. The first-order chi connectivity index (χ1) is 9.12. The second kappa shape index (κ2) is 5.62. The Hall–Kier alpha value is -1.54. The normalized spacial score (nSPS) is 10.7. The molecular weight excluding hydrogens is 284 g/mol. The number of thiophene rings is 1. The molecule has 6 nitrogen and oxygen atoms in total. The summed E-state index contributed by atoms with van der Waals surface area (Å²) in [4.78, 5) is 21.6. The third kappa shape index (κ3) is 2.45. The minimum atomic E-state index is -0.421. The van der Waals surface area contributed by atoms with E-state index in [0.717, 1.165) is 0 Å². The van der Waals surface area contributed by atoms with Crippen molar-refractivity contribution in [2.45, 2.75) is 12.1 Å². The van der Waals surface area contributed by atoms with Crippen LogP contribution in [-0.2, 0) is 4.74 Å². The lowest BCUT2D eigenvalue weighted by atomic mass is 10.3. The van der Waals surface area contributed by atoms with Crippen LogP contribution in [0, 0.1) is 0 Å². The quantitative estimate of drug-likeness (QED) is 0.508. The summed E-state index contributed by atoms with van der Waals surface area (Å²) in [6, 6.07) is 0. The Labute approximate surface area is 118 Å². The van der Waals surface area contributed by atoms with Crippen molar-refractivity contribution in [1.29, 1.82) is 0 Å². The first-order valence-corrected chi connectivity index (χ1v) is 7.65. The molecule has 2 heterocycles. The highest BCUT2D eigenvalue weighted by molar-refractivity contribution is 7.98. The molecule has 0 aliphatic heterocycles. The monoisotopic (exact) mass is 298 g/mol. The van der Waals surface area contributed by atoms with E-state index in [4.69, 9.17) is 10.5 Å². The maximum absolute atomic E-state index is 11.8. The number of nitrogen functional groups attached to an aromatic ring is 1. The molecule has 0 atom stereocenters. The van der Waals surface area contributed by atoms with Gasteiger partial charge >= 0.3 is 5.97 Å².